The van der Waals surface area contributed by atoms with Crippen molar-refractivity contribution in [2.24, 2.45) is 11.8 Å². The molecule has 1 heteroatoms. The number of fused-ring (bicyclic) bond motifs is 3. The third-order valence-electron chi connectivity index (χ3n) is 8.62. The lowest BCUT2D eigenvalue weighted by atomic mass is 9.67. The van der Waals surface area contributed by atoms with Crippen molar-refractivity contribution >= 4 is 27.9 Å². The molecule has 7 rings (SSSR count). The Morgan fingerprint density at radius 3 is 1.97 bits per heavy atom. The van der Waals surface area contributed by atoms with Gasteiger partial charge in [-0.1, -0.05) is 96.6 Å². The lowest BCUT2D eigenvalue weighted by Crippen LogP contribution is -2.42. The van der Waals surface area contributed by atoms with Gasteiger partial charge >= 0.3 is 0 Å². The smallest absolute Gasteiger partial charge is 0.0343 e. The van der Waals surface area contributed by atoms with Crippen LogP contribution >= 0.6 is 0 Å². The van der Waals surface area contributed by atoms with Crippen molar-refractivity contribution in [3.8, 4) is 0 Å². The van der Waals surface area contributed by atoms with Crippen LogP contribution in [0.4, 0.5) is 0 Å². The molecule has 3 aromatic rings. The Hall–Kier alpha value is -3.97. The lowest BCUT2D eigenvalue weighted by molar-refractivity contribution is 0.681. The minimum atomic E-state index is 0.362. The second kappa shape index (κ2) is 9.16. The SMILES string of the molecule is CC1=c2ccccc2=C(C2=c3ccccc3=C(C3=CC=C(c4cccnc4)CC3)C3C=CC=CC23)CC1. The molecular weight excluding hydrogens is 446 g/mol. The highest BCUT2D eigenvalue weighted by molar-refractivity contribution is 5.95. The van der Waals surface area contributed by atoms with Gasteiger partial charge in [0.15, 0.2) is 0 Å². The van der Waals surface area contributed by atoms with E-state index in [0.717, 1.165) is 25.7 Å². The Bertz CT molecular complexity index is 1780. The van der Waals surface area contributed by atoms with E-state index >= 15 is 0 Å². The fraction of sp³-hybridized carbons (Fsp3) is 0.194. The third-order valence-corrected chi connectivity index (χ3v) is 8.62. The highest BCUT2D eigenvalue weighted by Gasteiger charge is 2.34. The van der Waals surface area contributed by atoms with Crippen LogP contribution in [0.25, 0.3) is 27.9 Å². The van der Waals surface area contributed by atoms with Gasteiger partial charge in [-0.2, -0.15) is 0 Å². The van der Waals surface area contributed by atoms with Crippen LogP contribution < -0.4 is 20.9 Å². The summed E-state index contributed by atoms with van der Waals surface area (Å²) in [5.74, 6) is 0.724. The zero-order valence-corrected chi connectivity index (χ0v) is 21.3. The fourth-order valence-corrected chi connectivity index (χ4v) is 6.86. The average Bonchev–Trinajstić information content (AvgIpc) is 2.97. The van der Waals surface area contributed by atoms with Crippen LogP contribution in [0.5, 0.6) is 0 Å². The Labute approximate surface area is 218 Å². The molecule has 1 heterocycles. The molecule has 2 atom stereocenters. The first-order valence-corrected chi connectivity index (χ1v) is 13.6. The van der Waals surface area contributed by atoms with Crippen LogP contribution in [0.1, 0.15) is 38.2 Å². The van der Waals surface area contributed by atoms with Crippen LogP contribution in [-0.2, 0) is 0 Å². The molecule has 0 N–H and O–H groups in total. The van der Waals surface area contributed by atoms with Crippen molar-refractivity contribution in [3.05, 3.63) is 142 Å². The van der Waals surface area contributed by atoms with E-state index in [1.165, 1.54) is 54.3 Å². The summed E-state index contributed by atoms with van der Waals surface area (Å²) in [6.45, 7) is 2.30. The van der Waals surface area contributed by atoms with Gasteiger partial charge in [0.1, 0.15) is 0 Å². The Kier molecular flexibility index (Phi) is 5.51. The molecule has 0 radical (unpaired) electrons. The number of hydrogen-bond acceptors (Lipinski definition) is 1. The summed E-state index contributed by atoms with van der Waals surface area (Å²) in [4.78, 5) is 4.34. The molecule has 0 amide bonds. The van der Waals surface area contributed by atoms with Gasteiger partial charge in [0.05, 0.1) is 0 Å². The summed E-state index contributed by atoms with van der Waals surface area (Å²) in [5, 5.41) is 5.70. The molecule has 0 aliphatic heterocycles. The number of pyridine rings is 1. The molecule has 37 heavy (non-hydrogen) atoms. The maximum absolute atomic E-state index is 4.34. The van der Waals surface area contributed by atoms with Crippen molar-refractivity contribution in [2.75, 3.05) is 0 Å². The number of allylic oxidation sites excluding steroid dienone is 8. The van der Waals surface area contributed by atoms with Gasteiger partial charge in [-0.3, -0.25) is 4.98 Å². The number of rotatable bonds is 3. The van der Waals surface area contributed by atoms with E-state index in [1.54, 1.807) is 5.57 Å². The van der Waals surface area contributed by atoms with E-state index < -0.39 is 0 Å². The highest BCUT2D eigenvalue weighted by Crippen LogP contribution is 2.44. The molecule has 2 aromatic carbocycles. The molecule has 2 unspecified atom stereocenters. The molecular formula is C36H31N. The predicted octanol–water partition coefficient (Wildman–Crippen LogP) is 5.37. The minimum Gasteiger partial charge on any atom is -0.264 e. The molecule has 1 aromatic heterocycles. The summed E-state index contributed by atoms with van der Waals surface area (Å²) in [6.07, 6.45) is 22.3. The van der Waals surface area contributed by atoms with E-state index in [2.05, 4.69) is 103 Å². The second-order valence-corrected chi connectivity index (χ2v) is 10.6. The average molecular weight is 478 g/mol. The van der Waals surface area contributed by atoms with E-state index in [9.17, 15) is 0 Å². The lowest BCUT2D eigenvalue weighted by Gasteiger charge is -2.36. The van der Waals surface area contributed by atoms with Crippen molar-refractivity contribution in [1.82, 2.24) is 4.98 Å². The molecule has 4 aliphatic carbocycles. The van der Waals surface area contributed by atoms with E-state index in [-0.39, 0.29) is 0 Å². The summed E-state index contributed by atoms with van der Waals surface area (Å²) in [6, 6.07) is 22.4. The van der Waals surface area contributed by atoms with Crippen molar-refractivity contribution in [1.29, 1.82) is 0 Å². The Morgan fingerprint density at radius 2 is 1.27 bits per heavy atom. The first-order chi connectivity index (χ1) is 18.3. The van der Waals surface area contributed by atoms with Gasteiger partial charge in [0.2, 0.25) is 0 Å². The van der Waals surface area contributed by atoms with Gasteiger partial charge in [-0.15, -0.1) is 0 Å². The van der Waals surface area contributed by atoms with E-state index in [4.69, 9.17) is 0 Å². The fourth-order valence-electron chi connectivity index (χ4n) is 6.86. The van der Waals surface area contributed by atoms with Crippen molar-refractivity contribution < 1.29 is 0 Å². The quantitative estimate of drug-likeness (QED) is 0.494. The minimum absolute atomic E-state index is 0.362. The van der Waals surface area contributed by atoms with Gasteiger partial charge in [0.25, 0.3) is 0 Å². The van der Waals surface area contributed by atoms with Crippen LogP contribution in [0, 0.1) is 11.8 Å². The van der Waals surface area contributed by atoms with Gasteiger partial charge in [0, 0.05) is 24.2 Å². The summed E-state index contributed by atoms with van der Waals surface area (Å²) in [5.41, 5.74) is 10.2. The predicted molar refractivity (Wildman–Crippen MR) is 155 cm³/mol. The number of nitrogens with zero attached hydrogens (tertiary/aromatic N) is 1. The molecule has 0 spiro atoms. The number of hydrogen-bond donors (Lipinski definition) is 0. The molecule has 0 saturated carbocycles. The maximum atomic E-state index is 4.34. The zero-order chi connectivity index (χ0) is 24.8. The summed E-state index contributed by atoms with van der Waals surface area (Å²) in [7, 11) is 0. The zero-order valence-electron chi connectivity index (χ0n) is 21.3. The van der Waals surface area contributed by atoms with Gasteiger partial charge in [-0.05, 0) is 93.0 Å². The maximum Gasteiger partial charge on any atom is 0.0343 e. The summed E-state index contributed by atoms with van der Waals surface area (Å²) >= 11 is 0. The molecule has 1 nitrogen and oxygen atoms in total. The molecule has 0 bridgehead atoms. The van der Waals surface area contributed by atoms with Crippen LogP contribution in [0.15, 0.2) is 115 Å². The first-order valence-electron chi connectivity index (χ1n) is 13.6. The van der Waals surface area contributed by atoms with E-state index in [1.807, 2.05) is 18.5 Å². The molecule has 0 saturated heterocycles. The van der Waals surface area contributed by atoms with Crippen LogP contribution in [-0.4, -0.2) is 4.98 Å². The van der Waals surface area contributed by atoms with E-state index in [0.29, 0.717) is 11.8 Å². The summed E-state index contributed by atoms with van der Waals surface area (Å²) < 4.78 is 0. The second-order valence-electron chi connectivity index (χ2n) is 10.6. The normalized spacial score (nSPS) is 22.2. The van der Waals surface area contributed by atoms with Gasteiger partial charge in [-0.25, -0.2) is 0 Å². The number of benzene rings is 2. The van der Waals surface area contributed by atoms with Crippen molar-refractivity contribution in [2.45, 2.75) is 32.6 Å². The molecule has 0 fully saturated rings. The first kappa shape index (κ1) is 22.2. The molecule has 4 aliphatic rings. The number of aromatic nitrogens is 1. The Balaban J connectivity index is 1.51. The van der Waals surface area contributed by atoms with Gasteiger partial charge < -0.3 is 0 Å². The van der Waals surface area contributed by atoms with Crippen LogP contribution in [0.2, 0.25) is 0 Å². The van der Waals surface area contributed by atoms with Crippen molar-refractivity contribution in [3.63, 3.8) is 0 Å². The largest absolute Gasteiger partial charge is 0.264 e. The highest BCUT2D eigenvalue weighted by atomic mass is 14.6. The van der Waals surface area contributed by atoms with Crippen LogP contribution in [0.3, 0.4) is 0 Å². The topological polar surface area (TPSA) is 12.9 Å². The standard InChI is InChI=1S/C36H31N/c1-24-16-21-34(29-11-3-2-10-28(24)29)36-32-14-6-4-12-30(32)35(31-13-5-7-15-33(31)36)26-19-17-25(18-20-26)27-9-8-22-37-23-27/h2-15,17,19,22-23,30,32H,16,18,20-21H2,1H3. The molecule has 180 valence electrons. The monoisotopic (exact) mass is 477 g/mol. The third kappa shape index (κ3) is 3.73. The Morgan fingerprint density at radius 1 is 0.622 bits per heavy atom.